The number of aromatic nitrogens is 1. The maximum Gasteiger partial charge on any atom is 0.191 e. The van der Waals surface area contributed by atoms with Gasteiger partial charge in [0.15, 0.2) is 5.96 Å². The van der Waals surface area contributed by atoms with Crippen molar-refractivity contribution in [1.29, 1.82) is 0 Å². The molecule has 0 spiro atoms. The largest absolute Gasteiger partial charge is 0.378 e. The highest BCUT2D eigenvalue weighted by Gasteiger charge is 2.10. The second-order valence-electron chi connectivity index (χ2n) is 6.19. The molecule has 1 aliphatic heterocycles. The number of hydrogen-bond donors (Lipinski definition) is 2. The zero-order valence-electron chi connectivity index (χ0n) is 15.3. The van der Waals surface area contributed by atoms with Crippen LogP contribution >= 0.6 is 0 Å². The van der Waals surface area contributed by atoms with Crippen molar-refractivity contribution in [2.75, 3.05) is 44.8 Å². The fourth-order valence-corrected chi connectivity index (χ4v) is 2.91. The molecular formula is C20H27N5O. The SMILES string of the molecule is CN=C(NCCc1ccccn1)NCc1ccc(N2CCOCC2)cc1. The van der Waals surface area contributed by atoms with E-state index in [0.29, 0.717) is 0 Å². The van der Waals surface area contributed by atoms with Gasteiger partial charge in [-0.05, 0) is 29.8 Å². The van der Waals surface area contributed by atoms with Crippen molar-refractivity contribution in [2.45, 2.75) is 13.0 Å². The summed E-state index contributed by atoms with van der Waals surface area (Å²) >= 11 is 0. The summed E-state index contributed by atoms with van der Waals surface area (Å²) in [6, 6.07) is 14.7. The van der Waals surface area contributed by atoms with E-state index in [1.165, 1.54) is 11.3 Å². The third-order valence-electron chi connectivity index (χ3n) is 4.40. The molecule has 0 unspecified atom stereocenters. The van der Waals surface area contributed by atoms with Crippen molar-refractivity contribution >= 4 is 11.6 Å². The lowest BCUT2D eigenvalue weighted by molar-refractivity contribution is 0.122. The van der Waals surface area contributed by atoms with E-state index in [2.05, 4.69) is 49.8 Å². The van der Waals surface area contributed by atoms with Crippen molar-refractivity contribution in [2.24, 2.45) is 4.99 Å². The van der Waals surface area contributed by atoms with Gasteiger partial charge in [0.1, 0.15) is 0 Å². The normalized spacial score (nSPS) is 15.0. The molecule has 6 heteroatoms. The lowest BCUT2D eigenvalue weighted by Gasteiger charge is -2.28. The number of nitrogens with one attached hydrogen (secondary N) is 2. The predicted molar refractivity (Wildman–Crippen MR) is 106 cm³/mol. The number of rotatable bonds is 6. The van der Waals surface area contributed by atoms with Crippen LogP contribution in [0.15, 0.2) is 53.7 Å². The van der Waals surface area contributed by atoms with Crippen molar-refractivity contribution in [3.63, 3.8) is 0 Å². The summed E-state index contributed by atoms with van der Waals surface area (Å²) in [5, 5.41) is 6.68. The Morgan fingerprint density at radius 1 is 1.12 bits per heavy atom. The molecule has 1 aromatic carbocycles. The number of morpholine rings is 1. The molecule has 1 aliphatic rings. The summed E-state index contributed by atoms with van der Waals surface area (Å²) in [5.41, 5.74) is 3.57. The zero-order valence-corrected chi connectivity index (χ0v) is 15.3. The number of nitrogens with zero attached hydrogens (tertiary/aromatic N) is 3. The number of benzene rings is 1. The molecule has 3 rings (SSSR count). The van der Waals surface area contributed by atoms with Crippen LogP contribution in [-0.4, -0.2) is 50.8 Å². The third-order valence-corrected chi connectivity index (χ3v) is 4.40. The first-order chi connectivity index (χ1) is 12.8. The molecule has 0 radical (unpaired) electrons. The van der Waals surface area contributed by atoms with Crippen molar-refractivity contribution in [3.8, 4) is 0 Å². The Balaban J connectivity index is 1.43. The molecule has 2 N–H and O–H groups in total. The molecule has 0 aliphatic carbocycles. The Bertz CT molecular complexity index is 681. The maximum atomic E-state index is 5.41. The number of aliphatic imine (C=N–C) groups is 1. The van der Waals surface area contributed by atoms with Gasteiger partial charge in [0.2, 0.25) is 0 Å². The Kier molecular flexibility index (Phi) is 6.84. The smallest absolute Gasteiger partial charge is 0.191 e. The van der Waals surface area contributed by atoms with Crippen LogP contribution in [0.2, 0.25) is 0 Å². The zero-order chi connectivity index (χ0) is 18.0. The first kappa shape index (κ1) is 18.2. The second-order valence-corrected chi connectivity index (χ2v) is 6.19. The average molecular weight is 353 g/mol. The molecule has 6 nitrogen and oxygen atoms in total. The molecule has 2 aromatic rings. The van der Waals surface area contributed by atoms with Crippen LogP contribution in [0.1, 0.15) is 11.3 Å². The van der Waals surface area contributed by atoms with E-state index < -0.39 is 0 Å². The van der Waals surface area contributed by atoms with E-state index in [0.717, 1.165) is 57.5 Å². The highest BCUT2D eigenvalue weighted by Crippen LogP contribution is 2.16. The van der Waals surface area contributed by atoms with E-state index >= 15 is 0 Å². The minimum atomic E-state index is 0.743. The minimum absolute atomic E-state index is 0.743. The molecule has 1 aromatic heterocycles. The molecule has 1 fully saturated rings. The summed E-state index contributed by atoms with van der Waals surface area (Å²) in [7, 11) is 1.79. The van der Waals surface area contributed by atoms with Gasteiger partial charge in [-0.1, -0.05) is 18.2 Å². The van der Waals surface area contributed by atoms with Gasteiger partial charge >= 0.3 is 0 Å². The first-order valence-corrected chi connectivity index (χ1v) is 9.11. The van der Waals surface area contributed by atoms with Gasteiger partial charge in [0.25, 0.3) is 0 Å². The van der Waals surface area contributed by atoms with Crippen molar-refractivity contribution in [1.82, 2.24) is 15.6 Å². The molecule has 0 saturated carbocycles. The summed E-state index contributed by atoms with van der Waals surface area (Å²) in [4.78, 5) is 11.0. The van der Waals surface area contributed by atoms with Gasteiger partial charge in [-0.3, -0.25) is 9.98 Å². The summed E-state index contributed by atoms with van der Waals surface area (Å²) < 4.78 is 5.41. The predicted octanol–water partition coefficient (Wildman–Crippen LogP) is 1.83. The Morgan fingerprint density at radius 3 is 2.62 bits per heavy atom. The van der Waals surface area contributed by atoms with Gasteiger partial charge in [-0.2, -0.15) is 0 Å². The van der Waals surface area contributed by atoms with Crippen LogP contribution < -0.4 is 15.5 Å². The molecule has 26 heavy (non-hydrogen) atoms. The Labute approximate surface area is 155 Å². The number of ether oxygens (including phenoxy) is 1. The minimum Gasteiger partial charge on any atom is -0.378 e. The Hall–Kier alpha value is -2.60. The summed E-state index contributed by atoms with van der Waals surface area (Å²) in [5.74, 6) is 0.804. The van der Waals surface area contributed by atoms with E-state index in [1.54, 1.807) is 7.05 Å². The summed E-state index contributed by atoms with van der Waals surface area (Å²) in [6.45, 7) is 5.09. The monoisotopic (exact) mass is 353 g/mol. The lowest BCUT2D eigenvalue weighted by Crippen LogP contribution is -2.38. The quantitative estimate of drug-likeness (QED) is 0.613. The van der Waals surface area contributed by atoms with E-state index in [1.807, 2.05) is 24.4 Å². The highest BCUT2D eigenvalue weighted by atomic mass is 16.5. The number of pyridine rings is 1. The number of anilines is 1. The van der Waals surface area contributed by atoms with E-state index in [4.69, 9.17) is 4.74 Å². The molecule has 0 amide bonds. The average Bonchev–Trinajstić information content (AvgIpc) is 2.72. The van der Waals surface area contributed by atoms with Crippen LogP contribution in [0.25, 0.3) is 0 Å². The van der Waals surface area contributed by atoms with E-state index in [9.17, 15) is 0 Å². The summed E-state index contributed by atoms with van der Waals surface area (Å²) in [6.07, 6.45) is 2.69. The van der Waals surface area contributed by atoms with E-state index in [-0.39, 0.29) is 0 Å². The molecule has 138 valence electrons. The molecule has 1 saturated heterocycles. The van der Waals surface area contributed by atoms with Crippen LogP contribution in [-0.2, 0) is 17.7 Å². The highest BCUT2D eigenvalue weighted by molar-refractivity contribution is 5.79. The van der Waals surface area contributed by atoms with Gasteiger partial charge < -0.3 is 20.3 Å². The van der Waals surface area contributed by atoms with Crippen LogP contribution in [0, 0.1) is 0 Å². The lowest BCUT2D eigenvalue weighted by atomic mass is 10.2. The fraction of sp³-hybridized carbons (Fsp3) is 0.400. The second kappa shape index (κ2) is 9.77. The Morgan fingerprint density at radius 2 is 1.92 bits per heavy atom. The molecule has 2 heterocycles. The van der Waals surface area contributed by atoms with Crippen LogP contribution in [0.3, 0.4) is 0 Å². The number of hydrogen-bond acceptors (Lipinski definition) is 4. The van der Waals surface area contributed by atoms with Crippen LogP contribution in [0.5, 0.6) is 0 Å². The standard InChI is InChI=1S/C20H27N5O/c1-21-20(23-11-9-18-4-2-3-10-22-18)24-16-17-5-7-19(8-6-17)25-12-14-26-15-13-25/h2-8,10H,9,11-16H2,1H3,(H2,21,23,24). The molecule has 0 atom stereocenters. The van der Waals surface area contributed by atoms with Crippen molar-refractivity contribution < 1.29 is 4.74 Å². The first-order valence-electron chi connectivity index (χ1n) is 9.11. The third kappa shape index (κ3) is 5.46. The molecule has 0 bridgehead atoms. The maximum absolute atomic E-state index is 5.41. The fourth-order valence-electron chi connectivity index (χ4n) is 2.91. The van der Waals surface area contributed by atoms with Gasteiger partial charge in [0.05, 0.1) is 13.2 Å². The van der Waals surface area contributed by atoms with Gasteiger partial charge in [-0.15, -0.1) is 0 Å². The van der Waals surface area contributed by atoms with Crippen LogP contribution in [0.4, 0.5) is 5.69 Å². The van der Waals surface area contributed by atoms with Gasteiger partial charge in [-0.25, -0.2) is 0 Å². The topological polar surface area (TPSA) is 61.8 Å². The van der Waals surface area contributed by atoms with Gasteiger partial charge in [0, 0.05) is 57.2 Å². The van der Waals surface area contributed by atoms with Crippen molar-refractivity contribution in [3.05, 3.63) is 59.9 Å². The number of guanidine groups is 1. The molecular weight excluding hydrogens is 326 g/mol.